The Bertz CT molecular complexity index is 725. The molecule has 8 heteroatoms. The van der Waals surface area contributed by atoms with Gasteiger partial charge in [0.2, 0.25) is 11.8 Å². The molecule has 1 aromatic rings. The van der Waals surface area contributed by atoms with Gasteiger partial charge in [-0.25, -0.2) is 0 Å². The van der Waals surface area contributed by atoms with Crippen LogP contribution in [0.25, 0.3) is 0 Å². The smallest absolute Gasteiger partial charge is 0.305 e. The number of hydrogen-bond donors (Lipinski definition) is 3. The number of rotatable bonds is 8. The molecule has 7 nitrogen and oxygen atoms in total. The first-order valence-corrected chi connectivity index (χ1v) is 11.1. The molecule has 31 heavy (non-hydrogen) atoms. The van der Waals surface area contributed by atoms with Gasteiger partial charge >= 0.3 is 5.97 Å². The van der Waals surface area contributed by atoms with E-state index in [0.717, 1.165) is 50.8 Å². The van der Waals surface area contributed by atoms with Gasteiger partial charge in [0, 0.05) is 19.5 Å². The number of piperidine rings is 2. The van der Waals surface area contributed by atoms with Crippen LogP contribution in [-0.4, -0.2) is 54.0 Å². The number of carbonyl (C=O) groups is 3. The zero-order chi connectivity index (χ0) is 21.3. The summed E-state index contributed by atoms with van der Waals surface area (Å²) in [5.41, 5.74) is 0.777. The van der Waals surface area contributed by atoms with E-state index in [2.05, 4.69) is 10.6 Å². The number of carboxylic acid groups (broad SMARTS) is 1. The lowest BCUT2D eigenvalue weighted by atomic mass is 9.92. The Balaban J connectivity index is 0.00000341. The third-order valence-corrected chi connectivity index (χ3v) is 6.27. The molecule has 0 saturated carbocycles. The molecule has 2 atom stereocenters. The van der Waals surface area contributed by atoms with E-state index in [1.165, 1.54) is 0 Å². The fraction of sp³-hybridized carbons (Fsp3) is 0.609. The van der Waals surface area contributed by atoms with Crippen LogP contribution in [0.2, 0.25) is 0 Å². The van der Waals surface area contributed by atoms with Crippen LogP contribution < -0.4 is 10.6 Å². The normalized spacial score (nSPS) is 20.4. The van der Waals surface area contributed by atoms with Crippen molar-refractivity contribution in [2.45, 2.75) is 51.0 Å². The fourth-order valence-corrected chi connectivity index (χ4v) is 4.48. The summed E-state index contributed by atoms with van der Waals surface area (Å²) >= 11 is 0. The van der Waals surface area contributed by atoms with Gasteiger partial charge in [-0.1, -0.05) is 30.3 Å². The molecule has 3 rings (SSSR count). The van der Waals surface area contributed by atoms with Crippen LogP contribution in [0.15, 0.2) is 30.3 Å². The summed E-state index contributed by atoms with van der Waals surface area (Å²) in [6.07, 6.45) is 5.07. The summed E-state index contributed by atoms with van der Waals surface area (Å²) in [5, 5.41) is 15.5. The largest absolute Gasteiger partial charge is 0.481 e. The van der Waals surface area contributed by atoms with Crippen LogP contribution in [0, 0.1) is 11.8 Å². The SMILES string of the molecule is Cl.O=C(O)C[C@H](NC(=O)[C@@H]1CCCN(C(=O)CCC2CCNCC2)C1)c1ccccc1. The number of nitrogens with zero attached hydrogens (tertiary/aromatic N) is 1. The van der Waals surface area contributed by atoms with Crippen molar-refractivity contribution in [2.75, 3.05) is 26.2 Å². The molecule has 172 valence electrons. The van der Waals surface area contributed by atoms with Crippen molar-refractivity contribution < 1.29 is 19.5 Å². The highest BCUT2D eigenvalue weighted by Crippen LogP contribution is 2.23. The number of benzene rings is 1. The molecule has 3 N–H and O–H groups in total. The van der Waals surface area contributed by atoms with E-state index in [4.69, 9.17) is 0 Å². The average Bonchev–Trinajstić information content (AvgIpc) is 2.78. The molecule has 2 amide bonds. The highest BCUT2D eigenvalue weighted by molar-refractivity contribution is 5.85. The molecular formula is C23H34ClN3O4. The number of carbonyl (C=O) groups excluding carboxylic acids is 2. The number of amides is 2. The van der Waals surface area contributed by atoms with E-state index in [0.29, 0.717) is 25.4 Å². The summed E-state index contributed by atoms with van der Waals surface area (Å²) in [4.78, 5) is 38.7. The minimum absolute atomic E-state index is 0. The summed E-state index contributed by atoms with van der Waals surface area (Å²) in [7, 11) is 0. The molecule has 0 bridgehead atoms. The number of hydrogen-bond acceptors (Lipinski definition) is 4. The Morgan fingerprint density at radius 1 is 1.13 bits per heavy atom. The first kappa shape index (κ1) is 25.1. The topological polar surface area (TPSA) is 98.7 Å². The van der Waals surface area contributed by atoms with Crippen LogP contribution in [0.4, 0.5) is 0 Å². The standard InChI is InChI=1S/C23H33N3O4.ClH/c27-21(9-8-17-10-12-24-13-11-17)26-14-4-7-19(16-26)23(30)25-20(15-22(28)29)18-5-2-1-3-6-18;/h1-3,5-6,17,19-20,24H,4,7-16H2,(H,25,30)(H,28,29);1H/t19-,20+;/m1./s1. The lowest BCUT2D eigenvalue weighted by molar-refractivity contribution is -0.138. The Kier molecular flexibility index (Phi) is 10.3. The van der Waals surface area contributed by atoms with Crippen molar-refractivity contribution in [1.82, 2.24) is 15.5 Å². The Morgan fingerprint density at radius 2 is 1.84 bits per heavy atom. The monoisotopic (exact) mass is 451 g/mol. The third kappa shape index (κ3) is 7.82. The zero-order valence-corrected chi connectivity index (χ0v) is 18.7. The van der Waals surface area contributed by atoms with Gasteiger partial charge in [0.15, 0.2) is 0 Å². The van der Waals surface area contributed by atoms with Gasteiger partial charge in [0.1, 0.15) is 0 Å². The number of halogens is 1. The van der Waals surface area contributed by atoms with Gasteiger partial charge in [-0.3, -0.25) is 14.4 Å². The number of carboxylic acids is 1. The van der Waals surface area contributed by atoms with Crippen LogP contribution in [0.3, 0.4) is 0 Å². The number of aliphatic carboxylic acids is 1. The molecule has 0 radical (unpaired) electrons. The van der Waals surface area contributed by atoms with Crippen LogP contribution in [-0.2, 0) is 14.4 Å². The van der Waals surface area contributed by atoms with Crippen molar-refractivity contribution in [3.63, 3.8) is 0 Å². The van der Waals surface area contributed by atoms with Crippen molar-refractivity contribution >= 4 is 30.2 Å². The van der Waals surface area contributed by atoms with E-state index in [1.807, 2.05) is 35.2 Å². The summed E-state index contributed by atoms with van der Waals surface area (Å²) < 4.78 is 0. The highest BCUT2D eigenvalue weighted by Gasteiger charge is 2.30. The maximum absolute atomic E-state index is 12.9. The lowest BCUT2D eigenvalue weighted by Gasteiger charge is -2.33. The van der Waals surface area contributed by atoms with Crippen molar-refractivity contribution in [3.8, 4) is 0 Å². The van der Waals surface area contributed by atoms with Crippen LogP contribution >= 0.6 is 12.4 Å². The second-order valence-electron chi connectivity index (χ2n) is 8.48. The molecule has 0 aliphatic carbocycles. The van der Waals surface area contributed by atoms with E-state index in [1.54, 1.807) is 0 Å². The van der Waals surface area contributed by atoms with Crippen molar-refractivity contribution in [1.29, 1.82) is 0 Å². The van der Waals surface area contributed by atoms with E-state index in [-0.39, 0.29) is 36.6 Å². The van der Waals surface area contributed by atoms with Gasteiger partial charge in [-0.2, -0.15) is 0 Å². The van der Waals surface area contributed by atoms with Crippen molar-refractivity contribution in [3.05, 3.63) is 35.9 Å². The zero-order valence-electron chi connectivity index (χ0n) is 17.9. The predicted octanol–water partition coefficient (Wildman–Crippen LogP) is 2.76. The molecular weight excluding hydrogens is 418 g/mol. The first-order chi connectivity index (χ1) is 14.5. The maximum atomic E-state index is 12.9. The molecule has 2 heterocycles. The van der Waals surface area contributed by atoms with Crippen molar-refractivity contribution in [2.24, 2.45) is 11.8 Å². The van der Waals surface area contributed by atoms with Crippen LogP contribution in [0.5, 0.6) is 0 Å². The quantitative estimate of drug-likeness (QED) is 0.564. The van der Waals surface area contributed by atoms with Gasteiger partial charge in [0.25, 0.3) is 0 Å². The summed E-state index contributed by atoms with van der Waals surface area (Å²) in [6, 6.07) is 8.61. The molecule has 2 aliphatic heterocycles. The van der Waals surface area contributed by atoms with Gasteiger partial charge < -0.3 is 20.6 Å². The lowest BCUT2D eigenvalue weighted by Crippen LogP contribution is -2.46. The molecule has 0 aromatic heterocycles. The summed E-state index contributed by atoms with van der Waals surface area (Å²) in [6.45, 7) is 3.19. The fourth-order valence-electron chi connectivity index (χ4n) is 4.48. The van der Waals surface area contributed by atoms with E-state index in [9.17, 15) is 19.5 Å². The first-order valence-electron chi connectivity index (χ1n) is 11.1. The molecule has 0 unspecified atom stereocenters. The van der Waals surface area contributed by atoms with Gasteiger partial charge in [-0.05, 0) is 56.7 Å². The number of likely N-dealkylation sites (tertiary alicyclic amines) is 1. The molecule has 0 spiro atoms. The minimum Gasteiger partial charge on any atom is -0.481 e. The minimum atomic E-state index is -0.956. The molecule has 2 saturated heterocycles. The molecule has 1 aromatic carbocycles. The maximum Gasteiger partial charge on any atom is 0.305 e. The van der Waals surface area contributed by atoms with E-state index < -0.39 is 12.0 Å². The second kappa shape index (κ2) is 12.7. The van der Waals surface area contributed by atoms with Gasteiger partial charge in [0.05, 0.1) is 18.4 Å². The average molecular weight is 452 g/mol. The second-order valence-corrected chi connectivity index (χ2v) is 8.48. The van der Waals surface area contributed by atoms with Gasteiger partial charge in [-0.15, -0.1) is 12.4 Å². The third-order valence-electron chi connectivity index (χ3n) is 6.27. The predicted molar refractivity (Wildman–Crippen MR) is 121 cm³/mol. The molecule has 2 fully saturated rings. The van der Waals surface area contributed by atoms with E-state index >= 15 is 0 Å². The Hall–Kier alpha value is -2.12. The highest BCUT2D eigenvalue weighted by atomic mass is 35.5. The van der Waals surface area contributed by atoms with Crippen LogP contribution in [0.1, 0.15) is 56.6 Å². The molecule has 2 aliphatic rings. The Labute approximate surface area is 190 Å². The number of nitrogens with one attached hydrogen (secondary N) is 2. The summed E-state index contributed by atoms with van der Waals surface area (Å²) in [5.74, 6) is -0.664. The Morgan fingerprint density at radius 3 is 2.52 bits per heavy atom.